The summed E-state index contributed by atoms with van der Waals surface area (Å²) in [4.78, 5) is 22.2. The second kappa shape index (κ2) is 9.81. The normalized spacial score (nSPS) is 12.6. The molecule has 0 aliphatic carbocycles. The number of carbonyl (C=O) groups is 2. The van der Waals surface area contributed by atoms with E-state index in [1.807, 2.05) is 6.92 Å². The van der Waals surface area contributed by atoms with Gasteiger partial charge in [-0.25, -0.2) is 0 Å². The van der Waals surface area contributed by atoms with Crippen molar-refractivity contribution in [2.45, 2.75) is 25.9 Å². The number of hydrogen-bond donors (Lipinski definition) is 3. The van der Waals surface area contributed by atoms with E-state index in [1.165, 1.54) is 0 Å². The molecule has 7 nitrogen and oxygen atoms in total. The fourth-order valence-corrected chi connectivity index (χ4v) is 1.38. The van der Waals surface area contributed by atoms with E-state index in [-0.39, 0.29) is 13.2 Å². The Labute approximate surface area is 106 Å². The highest BCUT2D eigenvalue weighted by atomic mass is 16.5. The van der Waals surface area contributed by atoms with Crippen LogP contribution < -0.4 is 0 Å². The monoisotopic (exact) mass is 263 g/mol. The summed E-state index contributed by atoms with van der Waals surface area (Å²) in [6.07, 6.45) is 0.988. The highest BCUT2D eigenvalue weighted by molar-refractivity contribution is 5.72. The van der Waals surface area contributed by atoms with E-state index in [4.69, 9.17) is 14.9 Å². The van der Waals surface area contributed by atoms with Crippen LogP contribution >= 0.6 is 0 Å². The fraction of sp³-hybridized carbons (Fsp3) is 0.818. The lowest BCUT2D eigenvalue weighted by Crippen LogP contribution is -2.41. The summed E-state index contributed by atoms with van der Waals surface area (Å²) in [7, 11) is 0. The van der Waals surface area contributed by atoms with Crippen LogP contribution in [0.25, 0.3) is 0 Å². The lowest BCUT2D eigenvalue weighted by molar-refractivity contribution is -0.142. The van der Waals surface area contributed by atoms with Gasteiger partial charge in [0.15, 0.2) is 0 Å². The van der Waals surface area contributed by atoms with Crippen molar-refractivity contribution >= 4 is 11.9 Å². The Balaban J connectivity index is 3.97. The van der Waals surface area contributed by atoms with Gasteiger partial charge in [0, 0.05) is 13.2 Å². The molecule has 0 spiro atoms. The van der Waals surface area contributed by atoms with Gasteiger partial charge in [-0.15, -0.1) is 0 Å². The zero-order valence-corrected chi connectivity index (χ0v) is 10.5. The summed E-state index contributed by atoms with van der Waals surface area (Å²) in [6, 6.07) is 0. The quantitative estimate of drug-likeness (QED) is 0.437. The molecule has 18 heavy (non-hydrogen) atoms. The first-order valence-corrected chi connectivity index (χ1v) is 5.87. The summed E-state index contributed by atoms with van der Waals surface area (Å²) in [5.41, 5.74) is 0. The van der Waals surface area contributed by atoms with E-state index in [0.29, 0.717) is 6.61 Å². The number of unbranched alkanes of at least 4 members (excludes halogenated alkanes) is 1. The van der Waals surface area contributed by atoms with E-state index < -0.39 is 31.1 Å². The van der Waals surface area contributed by atoms with Crippen molar-refractivity contribution in [3.8, 4) is 0 Å². The summed E-state index contributed by atoms with van der Waals surface area (Å²) >= 11 is 0. The maximum absolute atomic E-state index is 10.5. The molecule has 1 unspecified atom stereocenters. The van der Waals surface area contributed by atoms with Crippen LogP contribution in [-0.4, -0.2) is 71.1 Å². The smallest absolute Gasteiger partial charge is 0.317 e. The Morgan fingerprint density at radius 1 is 1.22 bits per heavy atom. The first kappa shape index (κ1) is 16.8. The molecular formula is C11H21NO6. The molecule has 0 rings (SSSR count). The number of nitrogens with zero attached hydrogens (tertiary/aromatic N) is 1. The molecule has 106 valence electrons. The lowest BCUT2D eigenvalue weighted by Gasteiger charge is -2.21. The number of aliphatic hydroxyl groups is 1. The van der Waals surface area contributed by atoms with Crippen LogP contribution in [0.4, 0.5) is 0 Å². The maximum Gasteiger partial charge on any atom is 0.317 e. The number of aliphatic hydroxyl groups excluding tert-OH is 1. The molecule has 1 atom stereocenters. The Morgan fingerprint density at radius 3 is 2.22 bits per heavy atom. The van der Waals surface area contributed by atoms with Gasteiger partial charge in [-0.3, -0.25) is 14.5 Å². The number of ether oxygens (including phenoxy) is 1. The topological polar surface area (TPSA) is 107 Å². The van der Waals surface area contributed by atoms with Crippen LogP contribution in [0.3, 0.4) is 0 Å². The van der Waals surface area contributed by atoms with E-state index in [1.54, 1.807) is 0 Å². The molecule has 0 aromatic carbocycles. The van der Waals surface area contributed by atoms with Gasteiger partial charge in [0.25, 0.3) is 0 Å². The molecule has 0 aliphatic rings. The summed E-state index contributed by atoms with van der Waals surface area (Å²) in [6.45, 7) is 1.75. The Kier molecular flexibility index (Phi) is 9.17. The number of aliphatic carboxylic acids is 2. The van der Waals surface area contributed by atoms with Crippen LogP contribution in [0.2, 0.25) is 0 Å². The fourth-order valence-electron chi connectivity index (χ4n) is 1.38. The van der Waals surface area contributed by atoms with Gasteiger partial charge >= 0.3 is 11.9 Å². The van der Waals surface area contributed by atoms with Crippen LogP contribution in [0, 0.1) is 0 Å². The minimum absolute atomic E-state index is 0.0370. The van der Waals surface area contributed by atoms with Crippen molar-refractivity contribution in [3.05, 3.63) is 0 Å². The average molecular weight is 263 g/mol. The standard InChI is InChI=1S/C11H21NO6/c1-2-3-4-18-8-9(13)5-12(6-10(14)15)7-11(16)17/h9,13H,2-8H2,1H3,(H,14,15)(H,16,17). The SMILES string of the molecule is CCCCOCC(O)CN(CC(=O)O)CC(=O)O. The van der Waals surface area contributed by atoms with E-state index in [0.717, 1.165) is 17.7 Å². The molecule has 0 aromatic rings. The molecule has 3 N–H and O–H groups in total. The third-order valence-electron chi connectivity index (χ3n) is 2.14. The Morgan fingerprint density at radius 2 is 1.78 bits per heavy atom. The second-order valence-corrected chi connectivity index (χ2v) is 4.04. The van der Waals surface area contributed by atoms with E-state index in [9.17, 15) is 14.7 Å². The lowest BCUT2D eigenvalue weighted by atomic mass is 10.3. The van der Waals surface area contributed by atoms with E-state index >= 15 is 0 Å². The van der Waals surface area contributed by atoms with Crippen LogP contribution in [-0.2, 0) is 14.3 Å². The Hall–Kier alpha value is -1.18. The summed E-state index contributed by atoms with van der Waals surface area (Å²) < 4.78 is 5.18. The first-order valence-electron chi connectivity index (χ1n) is 5.87. The Bertz CT molecular complexity index is 242. The van der Waals surface area contributed by atoms with Gasteiger partial charge in [0.05, 0.1) is 25.8 Å². The van der Waals surface area contributed by atoms with Crippen molar-refractivity contribution in [1.29, 1.82) is 0 Å². The number of rotatable bonds is 11. The van der Waals surface area contributed by atoms with Gasteiger partial charge in [0.1, 0.15) is 0 Å². The average Bonchev–Trinajstić information content (AvgIpc) is 2.22. The predicted octanol–water partition coefficient (Wildman–Crippen LogP) is -0.365. The largest absolute Gasteiger partial charge is 0.480 e. The van der Waals surface area contributed by atoms with Gasteiger partial charge in [-0.1, -0.05) is 13.3 Å². The van der Waals surface area contributed by atoms with Crippen molar-refractivity contribution in [3.63, 3.8) is 0 Å². The highest BCUT2D eigenvalue weighted by Gasteiger charge is 2.17. The van der Waals surface area contributed by atoms with Crippen molar-refractivity contribution < 1.29 is 29.6 Å². The van der Waals surface area contributed by atoms with Crippen molar-refractivity contribution in [1.82, 2.24) is 4.90 Å². The van der Waals surface area contributed by atoms with Crippen LogP contribution in [0.1, 0.15) is 19.8 Å². The zero-order chi connectivity index (χ0) is 14.0. The van der Waals surface area contributed by atoms with Gasteiger partial charge in [0.2, 0.25) is 0 Å². The van der Waals surface area contributed by atoms with Gasteiger partial charge < -0.3 is 20.1 Å². The number of hydrogen-bond acceptors (Lipinski definition) is 5. The molecule has 0 saturated heterocycles. The number of carboxylic acids is 2. The first-order chi connectivity index (χ1) is 8.45. The third kappa shape index (κ3) is 10.0. The van der Waals surface area contributed by atoms with Crippen LogP contribution in [0.5, 0.6) is 0 Å². The molecular weight excluding hydrogens is 242 g/mol. The predicted molar refractivity (Wildman–Crippen MR) is 63.4 cm³/mol. The van der Waals surface area contributed by atoms with E-state index in [2.05, 4.69) is 0 Å². The molecule has 0 heterocycles. The molecule has 0 saturated carbocycles. The minimum Gasteiger partial charge on any atom is -0.480 e. The minimum atomic E-state index is -1.13. The zero-order valence-electron chi connectivity index (χ0n) is 10.5. The second-order valence-electron chi connectivity index (χ2n) is 4.04. The van der Waals surface area contributed by atoms with Gasteiger partial charge in [-0.05, 0) is 6.42 Å². The number of carboxylic acid groups (broad SMARTS) is 2. The highest BCUT2D eigenvalue weighted by Crippen LogP contribution is 1.96. The molecule has 0 aromatic heterocycles. The maximum atomic E-state index is 10.5. The molecule has 0 radical (unpaired) electrons. The molecule has 7 heteroatoms. The van der Waals surface area contributed by atoms with Gasteiger partial charge in [-0.2, -0.15) is 0 Å². The van der Waals surface area contributed by atoms with Crippen molar-refractivity contribution in [2.24, 2.45) is 0 Å². The third-order valence-corrected chi connectivity index (χ3v) is 2.14. The van der Waals surface area contributed by atoms with Crippen molar-refractivity contribution in [2.75, 3.05) is 32.8 Å². The molecule has 0 bridgehead atoms. The molecule has 0 aliphatic heterocycles. The van der Waals surface area contributed by atoms with Crippen LogP contribution in [0.15, 0.2) is 0 Å². The molecule has 0 fully saturated rings. The summed E-state index contributed by atoms with van der Waals surface area (Å²) in [5, 5.41) is 26.8. The summed E-state index contributed by atoms with van der Waals surface area (Å²) in [5.74, 6) is -2.26. The molecule has 0 amide bonds.